The number of terminal acetylenes is 1. The molecule has 2 atom stereocenters. The lowest BCUT2D eigenvalue weighted by molar-refractivity contribution is -0.0467. The summed E-state index contributed by atoms with van der Waals surface area (Å²) < 4.78 is 0. The summed E-state index contributed by atoms with van der Waals surface area (Å²) in [5.74, 6) is 2.59. The van der Waals surface area contributed by atoms with Crippen LogP contribution in [0.15, 0.2) is 24.8 Å². The minimum absolute atomic E-state index is 0.201. The van der Waals surface area contributed by atoms with Gasteiger partial charge in [0.1, 0.15) is 0 Å². The number of allylic oxidation sites excluding steroid dienone is 1. The average Bonchev–Trinajstić information content (AvgIpc) is 2.58. The van der Waals surface area contributed by atoms with E-state index in [1.165, 1.54) is 0 Å². The fourth-order valence-electron chi connectivity index (χ4n) is 2.96. The summed E-state index contributed by atoms with van der Waals surface area (Å²) in [6, 6.07) is 0. The van der Waals surface area contributed by atoms with Gasteiger partial charge in [-0.1, -0.05) is 18.2 Å². The molecule has 16 heavy (non-hydrogen) atoms. The van der Waals surface area contributed by atoms with Crippen molar-refractivity contribution in [1.29, 1.82) is 0 Å². The molecule has 0 spiro atoms. The Labute approximate surface area is 99.3 Å². The van der Waals surface area contributed by atoms with Gasteiger partial charge in [-0.2, -0.15) is 0 Å². The van der Waals surface area contributed by atoms with Crippen molar-refractivity contribution in [2.45, 2.75) is 51.0 Å². The summed E-state index contributed by atoms with van der Waals surface area (Å²) in [6.45, 7) is 9.75. The Kier molecular flexibility index (Phi) is 3.99. The first-order valence-corrected chi connectivity index (χ1v) is 5.95. The molecule has 0 aromatic rings. The van der Waals surface area contributed by atoms with E-state index in [9.17, 15) is 5.11 Å². The van der Waals surface area contributed by atoms with E-state index in [1.807, 2.05) is 13.0 Å². The SMILES string of the molecule is C#CCC(C)(O)[C@@]1(CCC=C)CCCC1=C. The second-order valence-corrected chi connectivity index (χ2v) is 5.02. The third kappa shape index (κ3) is 2.08. The van der Waals surface area contributed by atoms with Crippen molar-refractivity contribution in [2.75, 3.05) is 0 Å². The van der Waals surface area contributed by atoms with Gasteiger partial charge < -0.3 is 5.11 Å². The predicted molar refractivity (Wildman–Crippen MR) is 68.9 cm³/mol. The highest BCUT2D eigenvalue weighted by Crippen LogP contribution is 2.53. The molecular weight excluding hydrogens is 196 g/mol. The summed E-state index contributed by atoms with van der Waals surface area (Å²) >= 11 is 0. The smallest absolute Gasteiger partial charge is 0.0821 e. The highest BCUT2D eigenvalue weighted by Gasteiger charge is 2.49. The lowest BCUT2D eigenvalue weighted by Gasteiger charge is -2.43. The molecule has 0 bridgehead atoms. The fraction of sp³-hybridized carbons (Fsp3) is 0.600. The molecule has 0 aliphatic heterocycles. The fourth-order valence-corrected chi connectivity index (χ4v) is 2.96. The molecule has 1 rings (SSSR count). The van der Waals surface area contributed by atoms with Crippen LogP contribution in [-0.2, 0) is 0 Å². The van der Waals surface area contributed by atoms with Crippen LogP contribution in [-0.4, -0.2) is 10.7 Å². The first kappa shape index (κ1) is 13.1. The predicted octanol–water partition coefficient (Wildman–Crippen LogP) is 3.45. The molecule has 1 N–H and O–H groups in total. The molecule has 0 aromatic carbocycles. The van der Waals surface area contributed by atoms with Crippen LogP contribution in [0.4, 0.5) is 0 Å². The van der Waals surface area contributed by atoms with Gasteiger partial charge >= 0.3 is 0 Å². The van der Waals surface area contributed by atoms with Crippen molar-refractivity contribution in [1.82, 2.24) is 0 Å². The minimum atomic E-state index is -0.835. The molecule has 1 heteroatoms. The first-order chi connectivity index (χ1) is 7.50. The van der Waals surface area contributed by atoms with E-state index in [2.05, 4.69) is 19.1 Å². The van der Waals surface area contributed by atoms with Gasteiger partial charge in [0.05, 0.1) is 5.60 Å². The molecule has 0 amide bonds. The zero-order chi connectivity index (χ0) is 12.2. The first-order valence-electron chi connectivity index (χ1n) is 5.95. The van der Waals surface area contributed by atoms with Gasteiger partial charge in [0, 0.05) is 11.8 Å². The van der Waals surface area contributed by atoms with Gasteiger partial charge in [-0.05, 0) is 39.0 Å². The monoisotopic (exact) mass is 218 g/mol. The van der Waals surface area contributed by atoms with Crippen LogP contribution in [0.5, 0.6) is 0 Å². The van der Waals surface area contributed by atoms with Crippen LogP contribution in [0, 0.1) is 17.8 Å². The maximum atomic E-state index is 10.6. The Morgan fingerprint density at radius 3 is 2.81 bits per heavy atom. The lowest BCUT2D eigenvalue weighted by Crippen LogP contribution is -2.45. The van der Waals surface area contributed by atoms with Gasteiger partial charge in [-0.3, -0.25) is 0 Å². The molecule has 0 saturated heterocycles. The summed E-state index contributed by atoms with van der Waals surface area (Å²) in [6.07, 6.45) is 12.6. The van der Waals surface area contributed by atoms with Crippen LogP contribution in [0.1, 0.15) is 45.4 Å². The summed E-state index contributed by atoms with van der Waals surface area (Å²) in [7, 11) is 0. The van der Waals surface area contributed by atoms with Gasteiger partial charge in [0.15, 0.2) is 0 Å². The third-order valence-corrected chi connectivity index (χ3v) is 4.01. The summed E-state index contributed by atoms with van der Waals surface area (Å²) in [5, 5.41) is 10.6. The Morgan fingerprint density at radius 1 is 1.69 bits per heavy atom. The molecule has 1 fully saturated rings. The molecule has 1 aliphatic rings. The van der Waals surface area contributed by atoms with Gasteiger partial charge in [-0.15, -0.1) is 18.9 Å². The van der Waals surface area contributed by atoms with Crippen molar-refractivity contribution in [3.05, 3.63) is 24.8 Å². The van der Waals surface area contributed by atoms with Crippen LogP contribution in [0.3, 0.4) is 0 Å². The highest BCUT2D eigenvalue weighted by atomic mass is 16.3. The Bertz CT molecular complexity index is 319. The topological polar surface area (TPSA) is 20.2 Å². The largest absolute Gasteiger partial charge is 0.388 e. The normalized spacial score (nSPS) is 28.4. The van der Waals surface area contributed by atoms with E-state index >= 15 is 0 Å². The van der Waals surface area contributed by atoms with E-state index in [0.29, 0.717) is 6.42 Å². The Hall–Kier alpha value is -1.00. The molecule has 88 valence electrons. The van der Waals surface area contributed by atoms with Crippen LogP contribution in [0.25, 0.3) is 0 Å². The molecule has 1 saturated carbocycles. The van der Waals surface area contributed by atoms with E-state index < -0.39 is 5.60 Å². The Morgan fingerprint density at radius 2 is 2.38 bits per heavy atom. The molecule has 1 aliphatic carbocycles. The van der Waals surface area contributed by atoms with Crippen molar-refractivity contribution < 1.29 is 5.11 Å². The minimum Gasteiger partial charge on any atom is -0.388 e. The van der Waals surface area contributed by atoms with E-state index in [4.69, 9.17) is 6.42 Å². The van der Waals surface area contributed by atoms with Gasteiger partial charge in [0.25, 0.3) is 0 Å². The molecule has 1 nitrogen and oxygen atoms in total. The number of aliphatic hydroxyl groups is 1. The molecule has 0 heterocycles. The van der Waals surface area contributed by atoms with E-state index in [0.717, 1.165) is 37.7 Å². The van der Waals surface area contributed by atoms with Crippen molar-refractivity contribution in [2.24, 2.45) is 5.41 Å². The average molecular weight is 218 g/mol. The zero-order valence-corrected chi connectivity index (χ0v) is 10.3. The zero-order valence-electron chi connectivity index (χ0n) is 10.3. The summed E-state index contributed by atoms with van der Waals surface area (Å²) in [5.41, 5.74) is 0.126. The summed E-state index contributed by atoms with van der Waals surface area (Å²) in [4.78, 5) is 0. The van der Waals surface area contributed by atoms with Crippen LogP contribution >= 0.6 is 0 Å². The number of hydrogen-bond acceptors (Lipinski definition) is 1. The highest BCUT2D eigenvalue weighted by molar-refractivity contribution is 5.23. The van der Waals surface area contributed by atoms with E-state index in [-0.39, 0.29) is 5.41 Å². The molecular formula is C15H22O. The number of rotatable bonds is 5. The standard InChI is InChI=1S/C15H22O/c1-5-7-11-15(12-8-9-13(15)3)14(4,16)10-6-2/h2,5,16H,1,3,7-12H2,4H3/t14?,15-/m0/s1. The van der Waals surface area contributed by atoms with E-state index in [1.54, 1.807) is 0 Å². The van der Waals surface area contributed by atoms with Gasteiger partial charge in [-0.25, -0.2) is 0 Å². The quantitative estimate of drug-likeness (QED) is 0.553. The van der Waals surface area contributed by atoms with Crippen LogP contribution < -0.4 is 0 Å². The van der Waals surface area contributed by atoms with Crippen molar-refractivity contribution in [3.8, 4) is 12.3 Å². The van der Waals surface area contributed by atoms with Gasteiger partial charge in [0.2, 0.25) is 0 Å². The maximum absolute atomic E-state index is 10.6. The third-order valence-electron chi connectivity index (χ3n) is 4.01. The lowest BCUT2D eigenvalue weighted by atomic mass is 9.65. The molecule has 1 unspecified atom stereocenters. The molecule has 0 aromatic heterocycles. The van der Waals surface area contributed by atoms with Crippen molar-refractivity contribution in [3.63, 3.8) is 0 Å². The maximum Gasteiger partial charge on any atom is 0.0821 e. The molecule has 0 radical (unpaired) electrons. The van der Waals surface area contributed by atoms with Crippen LogP contribution in [0.2, 0.25) is 0 Å². The second kappa shape index (κ2) is 4.89. The Balaban J connectivity index is 2.99. The number of hydrogen-bond donors (Lipinski definition) is 1. The van der Waals surface area contributed by atoms with Crippen molar-refractivity contribution >= 4 is 0 Å². The second-order valence-electron chi connectivity index (χ2n) is 5.02.